The quantitative estimate of drug-likeness (QED) is 0.672. The van der Waals surface area contributed by atoms with Crippen LogP contribution in [0.25, 0.3) is 0 Å². The maximum Gasteiger partial charge on any atom is 0.342 e. The van der Waals surface area contributed by atoms with E-state index in [1.165, 1.54) is 10.9 Å². The third-order valence-electron chi connectivity index (χ3n) is 1.34. The lowest BCUT2D eigenvalue weighted by Gasteiger charge is -2.01. The van der Waals surface area contributed by atoms with Crippen LogP contribution < -0.4 is 11.1 Å². The Morgan fingerprint density at radius 3 is 3.08 bits per heavy atom. The molecule has 5 heteroatoms. The van der Waals surface area contributed by atoms with Crippen LogP contribution in [-0.2, 0) is 0 Å². The van der Waals surface area contributed by atoms with Gasteiger partial charge < -0.3 is 11.1 Å². The van der Waals surface area contributed by atoms with Crippen LogP contribution in [0.5, 0.6) is 0 Å². The normalized spacial score (nSPS) is 9.75. The van der Waals surface area contributed by atoms with Gasteiger partial charge in [-0.15, -0.1) is 5.10 Å². The molecule has 0 aliphatic carbocycles. The van der Waals surface area contributed by atoms with E-state index in [0.717, 1.165) is 6.42 Å². The van der Waals surface area contributed by atoms with Crippen molar-refractivity contribution in [3.63, 3.8) is 0 Å². The second-order valence-corrected chi connectivity index (χ2v) is 2.42. The summed E-state index contributed by atoms with van der Waals surface area (Å²) in [7, 11) is 0. The van der Waals surface area contributed by atoms with Crippen molar-refractivity contribution in [1.29, 1.82) is 0 Å². The van der Waals surface area contributed by atoms with E-state index in [1.807, 2.05) is 6.92 Å². The van der Waals surface area contributed by atoms with E-state index in [0.29, 0.717) is 12.4 Å². The summed E-state index contributed by atoms with van der Waals surface area (Å²) in [5.41, 5.74) is 5.33. The number of hydrogen-bond acceptors (Lipinski definition) is 3. The lowest BCUT2D eigenvalue weighted by molar-refractivity contribution is 0.239. The summed E-state index contributed by atoms with van der Waals surface area (Å²) >= 11 is 0. The van der Waals surface area contributed by atoms with Gasteiger partial charge in [-0.3, -0.25) is 0 Å². The van der Waals surface area contributed by atoms with Crippen LogP contribution in [-0.4, -0.2) is 22.4 Å². The van der Waals surface area contributed by atoms with Gasteiger partial charge in [0.1, 0.15) is 5.82 Å². The number of hydrogen-bond donors (Lipinski definition) is 2. The third kappa shape index (κ3) is 1.98. The molecule has 1 aromatic heterocycles. The number of carbonyl (C=O) groups is 1. The summed E-state index contributed by atoms with van der Waals surface area (Å²) in [6.45, 7) is 2.64. The number of aromatic nitrogens is 2. The number of nitrogens with zero attached hydrogens (tertiary/aromatic N) is 2. The maximum atomic E-state index is 11.2. The molecule has 0 aromatic carbocycles. The number of nitrogen functional groups attached to an aromatic ring is 1. The summed E-state index contributed by atoms with van der Waals surface area (Å²) in [5.74, 6) is 0.349. The van der Waals surface area contributed by atoms with Crippen molar-refractivity contribution in [3.05, 3.63) is 12.3 Å². The van der Waals surface area contributed by atoms with Gasteiger partial charge in [-0.05, 0) is 6.42 Å². The SMILES string of the molecule is CCCNC(=O)n1ccc(N)n1. The average Bonchev–Trinajstić information content (AvgIpc) is 2.47. The van der Waals surface area contributed by atoms with Crippen LogP contribution in [0, 0.1) is 0 Å². The number of rotatable bonds is 2. The Kier molecular flexibility index (Phi) is 2.68. The number of carbonyl (C=O) groups excluding carboxylic acids is 1. The molecule has 5 nitrogen and oxygen atoms in total. The van der Waals surface area contributed by atoms with Gasteiger partial charge in [0.05, 0.1) is 0 Å². The molecule has 1 rings (SSSR count). The summed E-state index contributed by atoms with van der Waals surface area (Å²) < 4.78 is 1.19. The Balaban J connectivity index is 2.53. The number of anilines is 1. The highest BCUT2D eigenvalue weighted by atomic mass is 16.2. The Bertz CT molecular complexity index is 268. The Morgan fingerprint density at radius 2 is 2.58 bits per heavy atom. The number of amides is 1. The molecule has 1 aromatic rings. The van der Waals surface area contributed by atoms with Gasteiger partial charge >= 0.3 is 6.03 Å². The van der Waals surface area contributed by atoms with Crippen LogP contribution in [0.4, 0.5) is 10.6 Å². The fourth-order valence-electron chi connectivity index (χ4n) is 0.764. The Labute approximate surface area is 70.5 Å². The van der Waals surface area contributed by atoms with E-state index in [1.54, 1.807) is 6.07 Å². The minimum atomic E-state index is -0.242. The fourth-order valence-corrected chi connectivity index (χ4v) is 0.764. The zero-order valence-electron chi connectivity index (χ0n) is 6.95. The van der Waals surface area contributed by atoms with E-state index in [-0.39, 0.29) is 6.03 Å². The molecule has 0 atom stereocenters. The van der Waals surface area contributed by atoms with E-state index in [2.05, 4.69) is 10.4 Å². The second-order valence-electron chi connectivity index (χ2n) is 2.42. The molecule has 0 bridgehead atoms. The molecule has 0 aliphatic rings. The second kappa shape index (κ2) is 3.75. The van der Waals surface area contributed by atoms with Gasteiger partial charge in [0.2, 0.25) is 0 Å². The van der Waals surface area contributed by atoms with Crippen molar-refractivity contribution in [2.45, 2.75) is 13.3 Å². The molecule has 0 aliphatic heterocycles. The first kappa shape index (κ1) is 8.58. The van der Waals surface area contributed by atoms with Crippen molar-refractivity contribution < 1.29 is 4.79 Å². The van der Waals surface area contributed by atoms with Crippen LogP contribution in [0.1, 0.15) is 13.3 Å². The van der Waals surface area contributed by atoms with Gasteiger partial charge in [0, 0.05) is 18.8 Å². The monoisotopic (exact) mass is 168 g/mol. The van der Waals surface area contributed by atoms with Gasteiger partial charge in [-0.25, -0.2) is 4.79 Å². The van der Waals surface area contributed by atoms with E-state index >= 15 is 0 Å². The summed E-state index contributed by atoms with van der Waals surface area (Å²) in [4.78, 5) is 11.2. The zero-order chi connectivity index (χ0) is 8.97. The molecule has 3 N–H and O–H groups in total. The first-order valence-electron chi connectivity index (χ1n) is 3.83. The van der Waals surface area contributed by atoms with E-state index < -0.39 is 0 Å². The van der Waals surface area contributed by atoms with Gasteiger partial charge in [0.25, 0.3) is 0 Å². The van der Waals surface area contributed by atoms with Crippen LogP contribution in [0.2, 0.25) is 0 Å². The molecular weight excluding hydrogens is 156 g/mol. The van der Waals surface area contributed by atoms with E-state index in [9.17, 15) is 4.79 Å². The Morgan fingerprint density at radius 1 is 1.83 bits per heavy atom. The molecule has 0 radical (unpaired) electrons. The summed E-state index contributed by atoms with van der Waals surface area (Å²) in [6.07, 6.45) is 2.43. The van der Waals surface area contributed by atoms with Crippen LogP contribution >= 0.6 is 0 Å². The highest BCUT2D eigenvalue weighted by molar-refractivity contribution is 5.75. The van der Waals surface area contributed by atoms with Crippen LogP contribution in [0.3, 0.4) is 0 Å². The van der Waals surface area contributed by atoms with Gasteiger partial charge in [-0.1, -0.05) is 6.92 Å². The van der Waals surface area contributed by atoms with Gasteiger partial charge in [-0.2, -0.15) is 4.68 Å². The topological polar surface area (TPSA) is 72.9 Å². The first-order valence-corrected chi connectivity index (χ1v) is 3.83. The predicted octanol–water partition coefficient (Wildman–Crippen LogP) is 0.433. The molecular formula is C7H12N4O. The molecule has 0 saturated carbocycles. The van der Waals surface area contributed by atoms with Crippen molar-refractivity contribution in [2.24, 2.45) is 0 Å². The molecule has 66 valence electrons. The molecule has 0 spiro atoms. The fraction of sp³-hybridized carbons (Fsp3) is 0.429. The highest BCUT2D eigenvalue weighted by Gasteiger charge is 2.02. The molecule has 0 saturated heterocycles. The smallest absolute Gasteiger partial charge is 0.342 e. The molecule has 0 fully saturated rings. The molecule has 12 heavy (non-hydrogen) atoms. The van der Waals surface area contributed by atoms with Crippen LogP contribution in [0.15, 0.2) is 12.3 Å². The summed E-state index contributed by atoms with van der Waals surface area (Å²) in [5, 5.41) is 6.41. The molecule has 1 amide bonds. The first-order chi connectivity index (χ1) is 5.74. The highest BCUT2D eigenvalue weighted by Crippen LogP contribution is 1.94. The Hall–Kier alpha value is -1.52. The minimum absolute atomic E-state index is 0.242. The van der Waals surface area contributed by atoms with E-state index in [4.69, 9.17) is 5.73 Å². The number of nitrogens with one attached hydrogen (secondary N) is 1. The standard InChI is InChI=1S/C7H12N4O/c1-2-4-9-7(12)11-5-3-6(8)10-11/h3,5H,2,4H2,1H3,(H2,8,10)(H,9,12). The predicted molar refractivity (Wildman–Crippen MR) is 45.7 cm³/mol. The largest absolute Gasteiger partial charge is 0.382 e. The number of nitrogens with two attached hydrogens (primary N) is 1. The van der Waals surface area contributed by atoms with Crippen molar-refractivity contribution in [1.82, 2.24) is 15.1 Å². The summed E-state index contributed by atoms with van der Waals surface area (Å²) in [6, 6.07) is 1.33. The van der Waals surface area contributed by atoms with Crippen molar-refractivity contribution >= 4 is 11.8 Å². The minimum Gasteiger partial charge on any atom is -0.382 e. The van der Waals surface area contributed by atoms with Crippen molar-refractivity contribution in [2.75, 3.05) is 12.3 Å². The molecule has 1 heterocycles. The molecule has 0 unspecified atom stereocenters. The maximum absolute atomic E-state index is 11.2. The average molecular weight is 168 g/mol. The van der Waals surface area contributed by atoms with Gasteiger partial charge in [0.15, 0.2) is 0 Å². The van der Waals surface area contributed by atoms with Crippen molar-refractivity contribution in [3.8, 4) is 0 Å². The lowest BCUT2D eigenvalue weighted by Crippen LogP contribution is -2.29. The third-order valence-corrected chi connectivity index (χ3v) is 1.34. The lowest BCUT2D eigenvalue weighted by atomic mass is 10.5. The zero-order valence-corrected chi connectivity index (χ0v) is 6.95.